The zero-order chi connectivity index (χ0) is 38.9. The molecule has 0 amide bonds. The summed E-state index contributed by atoms with van der Waals surface area (Å²) in [6.45, 7) is 0. The van der Waals surface area contributed by atoms with Gasteiger partial charge >= 0.3 is 0 Å². The highest BCUT2D eigenvalue weighted by Crippen LogP contribution is 2.51. The van der Waals surface area contributed by atoms with Gasteiger partial charge in [0.1, 0.15) is 22.3 Å². The molecule has 0 N–H and O–H groups in total. The van der Waals surface area contributed by atoms with Crippen LogP contribution in [0.4, 0.5) is 17.1 Å². The smallest absolute Gasteiger partial charge is 0.136 e. The monoisotopic (exact) mass is 753 g/mol. The number of rotatable bonds is 6. The van der Waals surface area contributed by atoms with Gasteiger partial charge in [-0.3, -0.25) is 0 Å². The second kappa shape index (κ2) is 13.4. The highest BCUT2D eigenvalue weighted by molar-refractivity contribution is 6.23. The Hall–Kier alpha value is -7.88. The lowest BCUT2D eigenvalue weighted by Gasteiger charge is -2.30. The molecular weight excluding hydrogens is 719 g/mol. The first-order chi connectivity index (χ1) is 29.3. The topological polar surface area (TPSA) is 29.5 Å². The van der Waals surface area contributed by atoms with Gasteiger partial charge in [0, 0.05) is 38.4 Å². The number of para-hydroxylation sites is 3. The molecule has 0 bridgehead atoms. The second-order valence-corrected chi connectivity index (χ2v) is 15.2. The van der Waals surface area contributed by atoms with Crippen LogP contribution < -0.4 is 4.90 Å². The van der Waals surface area contributed by atoms with Gasteiger partial charge < -0.3 is 13.7 Å². The molecule has 12 aromatic rings. The molecule has 10 aromatic carbocycles. The van der Waals surface area contributed by atoms with Crippen molar-refractivity contribution in [2.24, 2.45) is 0 Å². The van der Waals surface area contributed by atoms with Crippen molar-refractivity contribution in [3.63, 3.8) is 0 Å². The summed E-state index contributed by atoms with van der Waals surface area (Å²) in [5, 5.41) is 9.23. The Balaban J connectivity index is 1.18. The first kappa shape index (κ1) is 33.3. The van der Waals surface area contributed by atoms with Crippen molar-refractivity contribution in [1.29, 1.82) is 0 Å². The Kier molecular flexibility index (Phi) is 7.54. The quantitative estimate of drug-likeness (QED) is 0.158. The Labute approximate surface area is 340 Å². The molecule has 0 spiro atoms. The number of nitrogens with zero attached hydrogens (tertiary/aromatic N) is 1. The summed E-state index contributed by atoms with van der Waals surface area (Å²) in [7, 11) is 0. The van der Waals surface area contributed by atoms with Crippen molar-refractivity contribution in [2.75, 3.05) is 4.90 Å². The Bertz CT molecular complexity index is 3560. The van der Waals surface area contributed by atoms with Crippen LogP contribution in [0.3, 0.4) is 0 Å². The molecule has 0 saturated heterocycles. The lowest BCUT2D eigenvalue weighted by Crippen LogP contribution is -2.12. The lowest BCUT2D eigenvalue weighted by atomic mass is 9.89. The molecule has 59 heavy (non-hydrogen) atoms. The van der Waals surface area contributed by atoms with E-state index in [0.717, 1.165) is 88.8 Å². The van der Waals surface area contributed by atoms with Crippen LogP contribution in [-0.4, -0.2) is 0 Å². The molecule has 0 radical (unpaired) electrons. The number of furan rings is 2. The third-order valence-electron chi connectivity index (χ3n) is 11.9. The molecule has 0 saturated carbocycles. The van der Waals surface area contributed by atoms with Crippen LogP contribution >= 0.6 is 0 Å². The molecule has 3 nitrogen and oxygen atoms in total. The van der Waals surface area contributed by atoms with E-state index in [0.29, 0.717) is 0 Å². The van der Waals surface area contributed by atoms with E-state index >= 15 is 0 Å². The maximum atomic E-state index is 6.65. The van der Waals surface area contributed by atoms with Gasteiger partial charge in [-0.05, 0) is 104 Å². The molecule has 12 rings (SSSR count). The van der Waals surface area contributed by atoms with Gasteiger partial charge in [-0.15, -0.1) is 0 Å². The fraction of sp³-hybridized carbons (Fsp3) is 0. The third kappa shape index (κ3) is 5.36. The van der Waals surface area contributed by atoms with E-state index in [1.165, 1.54) is 27.1 Å². The minimum absolute atomic E-state index is 0.852. The molecular formula is C56H35NO2. The van der Waals surface area contributed by atoms with Crippen molar-refractivity contribution >= 4 is 82.5 Å². The maximum absolute atomic E-state index is 6.65. The van der Waals surface area contributed by atoms with E-state index in [1.54, 1.807) is 0 Å². The molecule has 276 valence electrons. The van der Waals surface area contributed by atoms with Crippen molar-refractivity contribution < 1.29 is 8.83 Å². The first-order valence-corrected chi connectivity index (χ1v) is 20.1. The molecule has 0 aliphatic rings. The van der Waals surface area contributed by atoms with E-state index in [2.05, 4.69) is 199 Å². The van der Waals surface area contributed by atoms with Crippen LogP contribution in [0, 0.1) is 0 Å². The zero-order valence-corrected chi connectivity index (χ0v) is 32.0. The molecule has 0 aliphatic carbocycles. The SMILES string of the molecule is c1ccc(-c2ccc(N(c3ccccc3-c3ccc4c(c3)oc3ccccc34)c3ccc4oc5ccccc5c4c3-c3cc4ccccc4c4ccccc34)cc2)cc1. The Morgan fingerprint density at radius 2 is 0.898 bits per heavy atom. The van der Waals surface area contributed by atoms with Crippen molar-refractivity contribution in [2.45, 2.75) is 0 Å². The number of fused-ring (bicyclic) bond motifs is 9. The van der Waals surface area contributed by atoms with Crippen LogP contribution in [0.5, 0.6) is 0 Å². The second-order valence-electron chi connectivity index (χ2n) is 15.2. The first-order valence-electron chi connectivity index (χ1n) is 20.1. The normalized spacial score (nSPS) is 11.7. The summed E-state index contributed by atoms with van der Waals surface area (Å²) in [5.41, 5.74) is 13.4. The highest BCUT2D eigenvalue weighted by atomic mass is 16.3. The average molecular weight is 754 g/mol. The summed E-state index contributed by atoms with van der Waals surface area (Å²) in [6, 6.07) is 75.8. The minimum atomic E-state index is 0.852. The van der Waals surface area contributed by atoms with Crippen LogP contribution in [0.1, 0.15) is 0 Å². The van der Waals surface area contributed by atoms with Gasteiger partial charge in [-0.25, -0.2) is 0 Å². The average Bonchev–Trinajstić information content (AvgIpc) is 3.88. The summed E-state index contributed by atoms with van der Waals surface area (Å²) < 4.78 is 13.1. The lowest BCUT2D eigenvalue weighted by molar-refractivity contribution is 0.668. The fourth-order valence-electron chi connectivity index (χ4n) is 9.17. The number of anilines is 3. The van der Waals surface area contributed by atoms with Gasteiger partial charge in [-0.2, -0.15) is 0 Å². The Morgan fingerprint density at radius 1 is 0.305 bits per heavy atom. The number of hydrogen-bond acceptors (Lipinski definition) is 3. The number of hydrogen-bond donors (Lipinski definition) is 0. The molecule has 0 fully saturated rings. The van der Waals surface area contributed by atoms with Crippen LogP contribution in [0.2, 0.25) is 0 Å². The predicted molar refractivity (Wildman–Crippen MR) is 247 cm³/mol. The maximum Gasteiger partial charge on any atom is 0.136 e. The molecule has 2 heterocycles. The van der Waals surface area contributed by atoms with Crippen LogP contribution in [0.25, 0.3) is 98.8 Å². The Morgan fingerprint density at radius 3 is 1.73 bits per heavy atom. The molecule has 2 aromatic heterocycles. The summed E-state index contributed by atoms with van der Waals surface area (Å²) in [4.78, 5) is 2.44. The fourth-order valence-corrected chi connectivity index (χ4v) is 9.17. The predicted octanol–water partition coefficient (Wildman–Crippen LogP) is 16.3. The summed E-state index contributed by atoms with van der Waals surface area (Å²) in [6.07, 6.45) is 0. The third-order valence-corrected chi connectivity index (χ3v) is 11.9. The molecule has 0 unspecified atom stereocenters. The largest absolute Gasteiger partial charge is 0.456 e. The summed E-state index contributed by atoms with van der Waals surface area (Å²) >= 11 is 0. The van der Waals surface area contributed by atoms with Crippen molar-refractivity contribution in [3.05, 3.63) is 212 Å². The van der Waals surface area contributed by atoms with Gasteiger partial charge in [0.15, 0.2) is 0 Å². The van der Waals surface area contributed by atoms with Gasteiger partial charge in [0.25, 0.3) is 0 Å². The van der Waals surface area contributed by atoms with Gasteiger partial charge in [0.2, 0.25) is 0 Å². The highest BCUT2D eigenvalue weighted by Gasteiger charge is 2.26. The van der Waals surface area contributed by atoms with Crippen molar-refractivity contribution in [3.8, 4) is 33.4 Å². The van der Waals surface area contributed by atoms with E-state index < -0.39 is 0 Å². The number of benzene rings is 10. The molecule has 0 atom stereocenters. The standard InChI is InChI=1S/C56H35NO2/c1-2-14-36(15-3-1)37-26-29-40(30-27-37)57(49-23-11-8-18-42(49)39-28-31-46-45-21-9-12-24-51(45)59-54(46)35-39)50-32-33-53-56(47-22-10-13-25-52(47)58-53)55(50)48-34-38-16-4-5-17-41(38)43-19-6-7-20-44(43)48/h1-35H. The van der Waals surface area contributed by atoms with Crippen LogP contribution in [0.15, 0.2) is 221 Å². The minimum Gasteiger partial charge on any atom is -0.456 e. The van der Waals surface area contributed by atoms with E-state index in [-0.39, 0.29) is 0 Å². The molecule has 0 aliphatic heterocycles. The van der Waals surface area contributed by atoms with Gasteiger partial charge in [0.05, 0.1) is 11.4 Å². The van der Waals surface area contributed by atoms with Crippen molar-refractivity contribution in [1.82, 2.24) is 0 Å². The van der Waals surface area contributed by atoms with E-state index in [9.17, 15) is 0 Å². The summed E-state index contributed by atoms with van der Waals surface area (Å²) in [5.74, 6) is 0. The molecule has 3 heteroatoms. The van der Waals surface area contributed by atoms with E-state index in [4.69, 9.17) is 8.83 Å². The van der Waals surface area contributed by atoms with Gasteiger partial charge in [-0.1, -0.05) is 152 Å². The zero-order valence-electron chi connectivity index (χ0n) is 32.0. The van der Waals surface area contributed by atoms with E-state index in [1.807, 2.05) is 18.2 Å². The van der Waals surface area contributed by atoms with Crippen LogP contribution in [-0.2, 0) is 0 Å².